The van der Waals surface area contributed by atoms with E-state index < -0.39 is 30.4 Å². The molecule has 1 rings (SSSR count). The number of hydrogen-bond acceptors (Lipinski definition) is 2. The SMILES string of the molecule is NCCC(F)(c1ccc(O)cc1)C(F)(F)F. The highest BCUT2D eigenvalue weighted by atomic mass is 19.4. The predicted octanol–water partition coefficient (Wildman–Crippen LogP) is 2.47. The minimum Gasteiger partial charge on any atom is -0.508 e. The van der Waals surface area contributed by atoms with Gasteiger partial charge in [0.15, 0.2) is 0 Å². The summed E-state index contributed by atoms with van der Waals surface area (Å²) >= 11 is 0. The van der Waals surface area contributed by atoms with Crippen LogP contribution < -0.4 is 5.73 Å². The molecule has 0 saturated carbocycles. The van der Waals surface area contributed by atoms with Crippen LogP contribution in [0.1, 0.15) is 12.0 Å². The summed E-state index contributed by atoms with van der Waals surface area (Å²) in [5, 5.41) is 8.93. The van der Waals surface area contributed by atoms with Crippen molar-refractivity contribution in [3.8, 4) is 5.75 Å². The number of rotatable bonds is 3. The first-order valence-corrected chi connectivity index (χ1v) is 4.56. The molecule has 0 bridgehead atoms. The Kier molecular flexibility index (Phi) is 3.42. The van der Waals surface area contributed by atoms with E-state index in [2.05, 4.69) is 0 Å². The molecule has 1 atom stereocenters. The Bertz CT molecular complexity index is 349. The first-order chi connectivity index (χ1) is 7.31. The Labute approximate surface area is 89.7 Å². The molecule has 1 unspecified atom stereocenters. The van der Waals surface area contributed by atoms with E-state index >= 15 is 0 Å². The van der Waals surface area contributed by atoms with Crippen LogP contribution in [0.2, 0.25) is 0 Å². The van der Waals surface area contributed by atoms with Crippen molar-refractivity contribution in [1.82, 2.24) is 0 Å². The maximum atomic E-state index is 13.9. The maximum Gasteiger partial charge on any atom is 0.426 e. The summed E-state index contributed by atoms with van der Waals surface area (Å²) in [7, 11) is 0. The van der Waals surface area contributed by atoms with Gasteiger partial charge in [0.2, 0.25) is 5.67 Å². The second-order valence-electron chi connectivity index (χ2n) is 3.38. The van der Waals surface area contributed by atoms with E-state index in [1.54, 1.807) is 0 Å². The van der Waals surface area contributed by atoms with Gasteiger partial charge in [-0.2, -0.15) is 13.2 Å². The van der Waals surface area contributed by atoms with Gasteiger partial charge in [-0.05, 0) is 24.2 Å². The summed E-state index contributed by atoms with van der Waals surface area (Å²) in [5.41, 5.74) is 0.974. The van der Waals surface area contributed by atoms with E-state index in [0.717, 1.165) is 24.3 Å². The van der Waals surface area contributed by atoms with Gasteiger partial charge in [0.05, 0.1) is 0 Å². The van der Waals surface area contributed by atoms with Gasteiger partial charge in [0, 0.05) is 6.42 Å². The van der Waals surface area contributed by atoms with Gasteiger partial charge in [0.1, 0.15) is 5.75 Å². The van der Waals surface area contributed by atoms with Gasteiger partial charge >= 0.3 is 6.18 Å². The molecule has 0 spiro atoms. The average Bonchev–Trinajstić information content (AvgIpc) is 2.17. The molecule has 0 aliphatic heterocycles. The van der Waals surface area contributed by atoms with Gasteiger partial charge in [-0.25, -0.2) is 4.39 Å². The van der Waals surface area contributed by atoms with Crippen LogP contribution in [0.4, 0.5) is 17.6 Å². The normalized spacial score (nSPS) is 15.8. The van der Waals surface area contributed by atoms with Crippen LogP contribution in [0, 0.1) is 0 Å². The molecule has 1 aromatic carbocycles. The molecule has 0 saturated heterocycles. The fourth-order valence-corrected chi connectivity index (χ4v) is 1.37. The Morgan fingerprint density at radius 3 is 1.94 bits per heavy atom. The smallest absolute Gasteiger partial charge is 0.426 e. The zero-order chi connectivity index (χ0) is 12.4. The molecule has 2 nitrogen and oxygen atoms in total. The van der Waals surface area contributed by atoms with E-state index in [1.165, 1.54) is 0 Å². The Morgan fingerprint density at radius 2 is 1.56 bits per heavy atom. The number of nitrogens with two attached hydrogens (primary N) is 1. The lowest BCUT2D eigenvalue weighted by Crippen LogP contribution is -2.39. The predicted molar refractivity (Wildman–Crippen MR) is 50.6 cm³/mol. The monoisotopic (exact) mass is 237 g/mol. The molecule has 6 heteroatoms. The van der Waals surface area contributed by atoms with E-state index in [4.69, 9.17) is 10.8 Å². The summed E-state index contributed by atoms with van der Waals surface area (Å²) < 4.78 is 51.6. The fraction of sp³-hybridized carbons (Fsp3) is 0.400. The first kappa shape index (κ1) is 12.8. The van der Waals surface area contributed by atoms with Crippen molar-refractivity contribution in [2.75, 3.05) is 6.54 Å². The molecule has 0 aliphatic carbocycles. The highest BCUT2D eigenvalue weighted by molar-refractivity contribution is 5.31. The van der Waals surface area contributed by atoms with Crippen LogP contribution >= 0.6 is 0 Å². The van der Waals surface area contributed by atoms with E-state index in [1.807, 2.05) is 0 Å². The van der Waals surface area contributed by atoms with Gasteiger partial charge in [-0.15, -0.1) is 0 Å². The Morgan fingerprint density at radius 1 is 1.06 bits per heavy atom. The molecule has 16 heavy (non-hydrogen) atoms. The Balaban J connectivity index is 3.16. The second-order valence-corrected chi connectivity index (χ2v) is 3.38. The summed E-state index contributed by atoms with van der Waals surface area (Å²) in [4.78, 5) is 0. The molecule has 3 N–H and O–H groups in total. The largest absolute Gasteiger partial charge is 0.508 e. The lowest BCUT2D eigenvalue weighted by atomic mass is 9.91. The molecule has 90 valence electrons. The topological polar surface area (TPSA) is 46.2 Å². The second kappa shape index (κ2) is 4.29. The lowest BCUT2D eigenvalue weighted by molar-refractivity contribution is -0.237. The molecular formula is C10H11F4NO. The van der Waals surface area contributed by atoms with Gasteiger partial charge in [-0.3, -0.25) is 0 Å². The summed E-state index contributed by atoms with van der Waals surface area (Å²) in [5.74, 6) is -0.221. The Hall–Kier alpha value is -1.30. The quantitative estimate of drug-likeness (QED) is 0.793. The van der Waals surface area contributed by atoms with Gasteiger partial charge in [0.25, 0.3) is 0 Å². The molecule has 0 aliphatic rings. The highest BCUT2D eigenvalue weighted by Crippen LogP contribution is 2.45. The van der Waals surface area contributed by atoms with Crippen LogP contribution in [0.25, 0.3) is 0 Å². The van der Waals surface area contributed by atoms with Gasteiger partial charge < -0.3 is 10.8 Å². The van der Waals surface area contributed by atoms with Crippen molar-refractivity contribution in [3.05, 3.63) is 29.8 Å². The molecule has 0 aromatic heterocycles. The third-order valence-corrected chi connectivity index (χ3v) is 2.26. The number of aromatic hydroxyl groups is 1. The number of hydrogen-bond donors (Lipinski definition) is 2. The number of halogens is 4. The summed E-state index contributed by atoms with van der Waals surface area (Å²) in [6, 6.07) is 3.81. The molecule has 0 heterocycles. The number of phenolic OH excluding ortho intramolecular Hbond substituents is 1. The van der Waals surface area contributed by atoms with E-state index in [-0.39, 0.29) is 5.75 Å². The van der Waals surface area contributed by atoms with Crippen molar-refractivity contribution < 1.29 is 22.7 Å². The maximum absolute atomic E-state index is 13.9. The van der Waals surface area contributed by atoms with Crippen molar-refractivity contribution in [2.24, 2.45) is 5.73 Å². The van der Waals surface area contributed by atoms with Crippen LogP contribution in [0.15, 0.2) is 24.3 Å². The van der Waals surface area contributed by atoms with Crippen molar-refractivity contribution >= 4 is 0 Å². The standard InChI is InChI=1S/C10H11F4NO/c11-9(5-6-15,10(12,13)14)7-1-3-8(16)4-2-7/h1-4,16H,5-6,15H2. The van der Waals surface area contributed by atoms with Crippen LogP contribution in [-0.4, -0.2) is 17.8 Å². The van der Waals surface area contributed by atoms with Crippen LogP contribution in [0.3, 0.4) is 0 Å². The van der Waals surface area contributed by atoms with Crippen molar-refractivity contribution in [2.45, 2.75) is 18.3 Å². The zero-order valence-corrected chi connectivity index (χ0v) is 8.26. The van der Waals surface area contributed by atoms with Gasteiger partial charge in [-0.1, -0.05) is 12.1 Å². The molecule has 1 aromatic rings. The zero-order valence-electron chi connectivity index (χ0n) is 8.26. The highest BCUT2D eigenvalue weighted by Gasteiger charge is 2.56. The summed E-state index contributed by atoms with van der Waals surface area (Å²) in [6.07, 6.45) is -5.87. The first-order valence-electron chi connectivity index (χ1n) is 4.56. The van der Waals surface area contributed by atoms with Crippen LogP contribution in [-0.2, 0) is 5.67 Å². The number of alkyl halides is 4. The van der Waals surface area contributed by atoms with Crippen LogP contribution in [0.5, 0.6) is 5.75 Å². The number of benzene rings is 1. The minimum atomic E-state index is -5.02. The molecule has 0 radical (unpaired) electrons. The molecular weight excluding hydrogens is 226 g/mol. The lowest BCUT2D eigenvalue weighted by Gasteiger charge is -2.27. The van der Waals surface area contributed by atoms with E-state index in [9.17, 15) is 17.6 Å². The van der Waals surface area contributed by atoms with Crippen molar-refractivity contribution in [3.63, 3.8) is 0 Å². The third-order valence-electron chi connectivity index (χ3n) is 2.26. The molecule has 0 amide bonds. The summed E-state index contributed by atoms with van der Waals surface area (Å²) in [6.45, 7) is -0.420. The fourth-order valence-electron chi connectivity index (χ4n) is 1.37. The molecule has 0 fully saturated rings. The third kappa shape index (κ3) is 2.27. The van der Waals surface area contributed by atoms with Crippen molar-refractivity contribution in [1.29, 1.82) is 0 Å². The minimum absolute atomic E-state index is 0.221. The van der Waals surface area contributed by atoms with E-state index in [0.29, 0.717) is 0 Å². The average molecular weight is 237 g/mol. The number of phenols is 1.